The first-order valence-corrected chi connectivity index (χ1v) is 9.92. The first-order valence-electron chi connectivity index (χ1n) is 9.92. The summed E-state index contributed by atoms with van der Waals surface area (Å²) in [4.78, 5) is 25.9. The smallest absolute Gasteiger partial charge is 0.323 e. The standard InChI is InChI=1S/C21H26N4O3/c1-14-9-16(20(26)27)13-24(12-14)21(28)22-19-11-17(10-15-7-8-15)23-25(19)18-5-3-2-4-6-18/h2-6,11,14-16H,7-10,12-13H2,1H3,(H,22,28)(H,26,27). The lowest BCUT2D eigenvalue weighted by molar-refractivity contribution is -0.143. The molecule has 2 amide bonds. The molecule has 1 aromatic carbocycles. The van der Waals surface area contributed by atoms with Gasteiger partial charge >= 0.3 is 12.0 Å². The first-order chi connectivity index (χ1) is 13.5. The molecule has 2 aromatic rings. The van der Waals surface area contributed by atoms with Crippen LogP contribution in [0, 0.1) is 17.8 Å². The van der Waals surface area contributed by atoms with E-state index >= 15 is 0 Å². The Labute approximate surface area is 164 Å². The van der Waals surface area contributed by atoms with Gasteiger partial charge in [0.05, 0.1) is 17.3 Å². The SMILES string of the molecule is CC1CC(C(=O)O)CN(C(=O)Nc2cc(CC3CC3)nn2-c2ccccc2)C1. The fourth-order valence-electron chi connectivity index (χ4n) is 3.89. The lowest BCUT2D eigenvalue weighted by atomic mass is 9.91. The average Bonchev–Trinajstić information content (AvgIpc) is 3.40. The Morgan fingerprint density at radius 1 is 1.21 bits per heavy atom. The third kappa shape index (κ3) is 4.18. The van der Waals surface area contributed by atoms with Gasteiger partial charge in [-0.1, -0.05) is 25.1 Å². The highest BCUT2D eigenvalue weighted by Gasteiger charge is 2.32. The molecular weight excluding hydrogens is 356 g/mol. The fourth-order valence-corrected chi connectivity index (χ4v) is 3.89. The highest BCUT2D eigenvalue weighted by Crippen LogP contribution is 2.33. The number of aliphatic carboxylic acids is 1. The summed E-state index contributed by atoms with van der Waals surface area (Å²) < 4.78 is 1.76. The van der Waals surface area contributed by atoms with Crippen LogP contribution in [0.15, 0.2) is 36.4 Å². The molecule has 1 aliphatic heterocycles. The van der Waals surface area contributed by atoms with Crippen LogP contribution in [0.5, 0.6) is 0 Å². The Morgan fingerprint density at radius 3 is 2.64 bits per heavy atom. The number of nitrogens with zero attached hydrogens (tertiary/aromatic N) is 3. The molecule has 1 aromatic heterocycles. The lowest BCUT2D eigenvalue weighted by Crippen LogP contribution is -2.47. The summed E-state index contributed by atoms with van der Waals surface area (Å²) in [6.45, 7) is 2.78. The van der Waals surface area contributed by atoms with Crippen LogP contribution in [0.4, 0.5) is 10.6 Å². The van der Waals surface area contributed by atoms with Crippen molar-refractivity contribution in [2.45, 2.75) is 32.6 Å². The van der Waals surface area contributed by atoms with E-state index in [2.05, 4.69) is 5.32 Å². The molecule has 28 heavy (non-hydrogen) atoms. The number of carbonyl (C=O) groups is 2. The minimum atomic E-state index is -0.842. The molecule has 2 unspecified atom stereocenters. The third-order valence-corrected chi connectivity index (χ3v) is 5.49. The van der Waals surface area contributed by atoms with Crippen molar-refractivity contribution in [3.63, 3.8) is 0 Å². The van der Waals surface area contributed by atoms with Crippen molar-refractivity contribution in [3.05, 3.63) is 42.1 Å². The largest absolute Gasteiger partial charge is 0.481 e. The summed E-state index contributed by atoms with van der Waals surface area (Å²) in [6, 6.07) is 11.4. The predicted octanol–water partition coefficient (Wildman–Crippen LogP) is 3.40. The van der Waals surface area contributed by atoms with Gasteiger partial charge in [0.1, 0.15) is 5.82 Å². The molecule has 7 heteroatoms. The molecule has 4 rings (SSSR count). The molecule has 2 fully saturated rings. The molecular formula is C21H26N4O3. The van der Waals surface area contributed by atoms with Crippen molar-refractivity contribution < 1.29 is 14.7 Å². The average molecular weight is 382 g/mol. The van der Waals surface area contributed by atoms with Crippen LogP contribution in [0.25, 0.3) is 5.69 Å². The van der Waals surface area contributed by atoms with Gasteiger partial charge in [-0.3, -0.25) is 10.1 Å². The summed E-state index contributed by atoms with van der Waals surface area (Å²) >= 11 is 0. The number of amides is 2. The van der Waals surface area contributed by atoms with E-state index in [0.717, 1.165) is 17.8 Å². The second kappa shape index (κ2) is 7.66. The normalized spacial score (nSPS) is 22.1. The number of carboxylic acid groups (broad SMARTS) is 1. The number of piperidine rings is 1. The predicted molar refractivity (Wildman–Crippen MR) is 105 cm³/mol. The highest BCUT2D eigenvalue weighted by atomic mass is 16.4. The van der Waals surface area contributed by atoms with E-state index in [0.29, 0.717) is 24.7 Å². The number of carbonyl (C=O) groups excluding carboxylic acids is 1. The number of para-hydroxylation sites is 1. The Morgan fingerprint density at radius 2 is 1.96 bits per heavy atom. The number of carboxylic acids is 1. The van der Waals surface area contributed by atoms with Crippen LogP contribution in [0.2, 0.25) is 0 Å². The van der Waals surface area contributed by atoms with E-state index in [4.69, 9.17) is 5.10 Å². The van der Waals surface area contributed by atoms with Crippen molar-refractivity contribution in [3.8, 4) is 5.69 Å². The maximum absolute atomic E-state index is 12.9. The molecule has 0 radical (unpaired) electrons. The molecule has 1 saturated heterocycles. The van der Waals surface area contributed by atoms with E-state index in [9.17, 15) is 14.7 Å². The summed E-state index contributed by atoms with van der Waals surface area (Å²) in [5, 5.41) is 17.0. The zero-order chi connectivity index (χ0) is 19.7. The molecule has 2 atom stereocenters. The highest BCUT2D eigenvalue weighted by molar-refractivity contribution is 5.89. The van der Waals surface area contributed by atoms with E-state index in [1.165, 1.54) is 12.8 Å². The summed E-state index contributed by atoms with van der Waals surface area (Å²) in [5.74, 6) is 0.119. The van der Waals surface area contributed by atoms with Crippen LogP contribution in [0.1, 0.15) is 31.9 Å². The van der Waals surface area contributed by atoms with Crippen LogP contribution in [0.3, 0.4) is 0 Å². The zero-order valence-electron chi connectivity index (χ0n) is 16.0. The van der Waals surface area contributed by atoms with E-state index in [-0.39, 0.29) is 18.5 Å². The summed E-state index contributed by atoms with van der Waals surface area (Å²) in [7, 11) is 0. The van der Waals surface area contributed by atoms with Gasteiger partial charge in [0, 0.05) is 19.2 Å². The number of hydrogen-bond acceptors (Lipinski definition) is 3. The van der Waals surface area contributed by atoms with Crippen LogP contribution in [-0.4, -0.2) is 44.9 Å². The summed E-state index contributed by atoms with van der Waals surface area (Å²) in [6.07, 6.45) is 4.00. The third-order valence-electron chi connectivity index (χ3n) is 5.49. The Hall–Kier alpha value is -2.83. The monoisotopic (exact) mass is 382 g/mol. The zero-order valence-corrected chi connectivity index (χ0v) is 16.0. The topological polar surface area (TPSA) is 87.5 Å². The van der Waals surface area contributed by atoms with E-state index in [1.807, 2.05) is 43.3 Å². The molecule has 2 aliphatic rings. The number of hydrogen-bond donors (Lipinski definition) is 2. The van der Waals surface area contributed by atoms with Crippen molar-refractivity contribution in [2.75, 3.05) is 18.4 Å². The van der Waals surface area contributed by atoms with Crippen LogP contribution in [-0.2, 0) is 11.2 Å². The minimum Gasteiger partial charge on any atom is -0.481 e. The number of benzene rings is 1. The lowest BCUT2D eigenvalue weighted by Gasteiger charge is -2.34. The molecule has 2 heterocycles. The summed E-state index contributed by atoms with van der Waals surface area (Å²) in [5.41, 5.74) is 1.85. The van der Waals surface area contributed by atoms with Gasteiger partial charge in [0.2, 0.25) is 0 Å². The molecule has 2 N–H and O–H groups in total. The van der Waals surface area contributed by atoms with Gasteiger partial charge in [0.25, 0.3) is 0 Å². The number of urea groups is 1. The molecule has 0 bridgehead atoms. The second-order valence-electron chi connectivity index (χ2n) is 8.13. The van der Waals surface area contributed by atoms with Crippen molar-refractivity contribution in [1.29, 1.82) is 0 Å². The fraction of sp³-hybridized carbons (Fsp3) is 0.476. The van der Waals surface area contributed by atoms with Gasteiger partial charge in [-0.2, -0.15) is 5.10 Å². The molecule has 0 spiro atoms. The maximum Gasteiger partial charge on any atom is 0.323 e. The van der Waals surface area contributed by atoms with Crippen molar-refractivity contribution >= 4 is 17.8 Å². The number of rotatable bonds is 5. The Balaban J connectivity index is 1.55. The van der Waals surface area contributed by atoms with Crippen molar-refractivity contribution in [2.24, 2.45) is 17.8 Å². The van der Waals surface area contributed by atoms with Gasteiger partial charge in [-0.05, 0) is 49.7 Å². The quantitative estimate of drug-likeness (QED) is 0.830. The first kappa shape index (κ1) is 18.5. The minimum absolute atomic E-state index is 0.157. The molecule has 1 saturated carbocycles. The molecule has 148 valence electrons. The van der Waals surface area contributed by atoms with Gasteiger partial charge in [-0.15, -0.1) is 0 Å². The Bertz CT molecular complexity index is 860. The van der Waals surface area contributed by atoms with Crippen LogP contribution < -0.4 is 5.32 Å². The van der Waals surface area contributed by atoms with Gasteiger partial charge in [0.15, 0.2) is 0 Å². The van der Waals surface area contributed by atoms with Crippen molar-refractivity contribution in [1.82, 2.24) is 14.7 Å². The number of nitrogens with one attached hydrogen (secondary N) is 1. The number of likely N-dealkylation sites (tertiary alicyclic amines) is 1. The van der Waals surface area contributed by atoms with Gasteiger partial charge in [-0.25, -0.2) is 9.48 Å². The van der Waals surface area contributed by atoms with Crippen LogP contribution >= 0.6 is 0 Å². The maximum atomic E-state index is 12.9. The number of aromatic nitrogens is 2. The van der Waals surface area contributed by atoms with E-state index < -0.39 is 11.9 Å². The Kier molecular flexibility index (Phi) is 5.07. The van der Waals surface area contributed by atoms with Gasteiger partial charge < -0.3 is 10.0 Å². The van der Waals surface area contributed by atoms with E-state index in [1.54, 1.807) is 9.58 Å². The molecule has 1 aliphatic carbocycles. The molecule has 7 nitrogen and oxygen atoms in total. The second-order valence-corrected chi connectivity index (χ2v) is 8.13. The number of anilines is 1.